The van der Waals surface area contributed by atoms with Crippen molar-refractivity contribution in [3.8, 4) is 46.3 Å². The molecule has 3 heteroatoms. The Hall–Kier alpha value is -4.47. The summed E-state index contributed by atoms with van der Waals surface area (Å²) in [6.07, 6.45) is 0. The van der Waals surface area contributed by atoms with Crippen LogP contribution in [0.15, 0.2) is 91.0 Å². The van der Waals surface area contributed by atoms with E-state index in [9.17, 15) is 4.39 Å². The van der Waals surface area contributed by atoms with Gasteiger partial charge in [0.25, 0.3) is 0 Å². The molecule has 0 aromatic heterocycles. The lowest BCUT2D eigenvalue weighted by Gasteiger charge is -2.09. The van der Waals surface area contributed by atoms with Gasteiger partial charge in [-0.3, -0.25) is 0 Å². The monoisotopic (exact) mass is 432 g/mol. The molecule has 0 heterocycles. The van der Waals surface area contributed by atoms with Gasteiger partial charge in [-0.2, -0.15) is 0 Å². The molecule has 160 valence electrons. The van der Waals surface area contributed by atoms with Crippen molar-refractivity contribution < 1.29 is 13.9 Å². The van der Waals surface area contributed by atoms with Crippen LogP contribution in [0.3, 0.4) is 0 Å². The van der Waals surface area contributed by atoms with Crippen LogP contribution < -0.4 is 9.47 Å². The Morgan fingerprint density at radius 1 is 0.576 bits per heavy atom. The second-order valence-corrected chi connectivity index (χ2v) is 7.20. The molecule has 0 aliphatic heterocycles. The second-order valence-electron chi connectivity index (χ2n) is 7.20. The number of hydrogen-bond acceptors (Lipinski definition) is 2. The van der Waals surface area contributed by atoms with Crippen LogP contribution in [0, 0.1) is 29.5 Å². The van der Waals surface area contributed by atoms with Gasteiger partial charge in [-0.25, -0.2) is 4.39 Å². The quantitative estimate of drug-likeness (QED) is 0.353. The highest BCUT2D eigenvalue weighted by molar-refractivity contribution is 5.74. The lowest BCUT2D eigenvalue weighted by atomic mass is 9.98. The van der Waals surface area contributed by atoms with Crippen molar-refractivity contribution in [1.82, 2.24) is 0 Å². The van der Waals surface area contributed by atoms with Gasteiger partial charge in [-0.05, 0) is 66.2 Å². The largest absolute Gasteiger partial charge is 0.497 e. The first-order valence-corrected chi connectivity index (χ1v) is 10.4. The minimum Gasteiger partial charge on any atom is -0.497 e. The van der Waals surface area contributed by atoms with Crippen molar-refractivity contribution in [3.63, 3.8) is 0 Å². The number of halogens is 1. The highest BCUT2D eigenvalue weighted by atomic mass is 19.1. The van der Waals surface area contributed by atoms with E-state index in [0.717, 1.165) is 33.8 Å². The Bertz CT molecular complexity index is 1400. The minimum atomic E-state index is -0.354. The maximum Gasteiger partial charge on any atom is 0.124 e. The summed E-state index contributed by atoms with van der Waals surface area (Å²) in [5, 5.41) is 0. The van der Waals surface area contributed by atoms with E-state index in [1.165, 1.54) is 12.1 Å². The molecule has 0 atom stereocenters. The molecule has 0 bridgehead atoms. The highest BCUT2D eigenvalue weighted by Gasteiger charge is 2.08. The van der Waals surface area contributed by atoms with E-state index < -0.39 is 0 Å². The maximum atomic E-state index is 14.0. The summed E-state index contributed by atoms with van der Waals surface area (Å²) in [6.45, 7) is 0. The van der Waals surface area contributed by atoms with Crippen LogP contribution in [-0.2, 0) is 0 Å². The molecule has 0 N–H and O–H groups in total. The zero-order chi connectivity index (χ0) is 23.0. The summed E-state index contributed by atoms with van der Waals surface area (Å²) in [6, 6.07) is 27.6. The van der Waals surface area contributed by atoms with Gasteiger partial charge in [0.15, 0.2) is 0 Å². The van der Waals surface area contributed by atoms with Crippen molar-refractivity contribution in [1.29, 1.82) is 0 Å². The van der Waals surface area contributed by atoms with Crippen LogP contribution in [0.5, 0.6) is 11.5 Å². The van der Waals surface area contributed by atoms with E-state index in [0.29, 0.717) is 11.1 Å². The van der Waals surface area contributed by atoms with E-state index in [4.69, 9.17) is 9.47 Å². The number of rotatable bonds is 3. The van der Waals surface area contributed by atoms with Gasteiger partial charge < -0.3 is 9.47 Å². The molecule has 0 saturated heterocycles. The lowest BCUT2D eigenvalue weighted by Crippen LogP contribution is -1.91. The van der Waals surface area contributed by atoms with Crippen LogP contribution in [0.4, 0.5) is 4.39 Å². The topological polar surface area (TPSA) is 18.5 Å². The molecule has 0 saturated carbocycles. The third kappa shape index (κ3) is 5.42. The number of benzene rings is 4. The Kier molecular flexibility index (Phi) is 6.74. The SMILES string of the molecule is COc1cccc(-c2cc(OC)ccc2C#Cc2cc(F)ccc2C#Cc2ccccc2)c1. The van der Waals surface area contributed by atoms with Crippen molar-refractivity contribution in [2.75, 3.05) is 14.2 Å². The molecule has 4 aromatic rings. The first kappa shape index (κ1) is 21.8. The summed E-state index contributed by atoms with van der Waals surface area (Å²) >= 11 is 0. The number of methoxy groups -OCH3 is 2. The molecule has 0 fully saturated rings. The van der Waals surface area contributed by atoms with Crippen molar-refractivity contribution in [2.45, 2.75) is 0 Å². The van der Waals surface area contributed by atoms with Gasteiger partial charge in [-0.15, -0.1) is 0 Å². The fourth-order valence-electron chi connectivity index (χ4n) is 3.31. The molecule has 0 radical (unpaired) electrons. The smallest absolute Gasteiger partial charge is 0.124 e. The minimum absolute atomic E-state index is 0.354. The highest BCUT2D eigenvalue weighted by Crippen LogP contribution is 2.30. The summed E-state index contributed by atoms with van der Waals surface area (Å²) in [7, 11) is 3.26. The fourth-order valence-corrected chi connectivity index (χ4v) is 3.31. The fraction of sp³-hybridized carbons (Fsp3) is 0.0667. The molecule has 33 heavy (non-hydrogen) atoms. The molecule has 2 nitrogen and oxygen atoms in total. The van der Waals surface area contributed by atoms with Crippen molar-refractivity contribution in [3.05, 3.63) is 119 Å². The van der Waals surface area contributed by atoms with Gasteiger partial charge in [-0.1, -0.05) is 54.0 Å². The molecule has 0 amide bonds. The third-order valence-corrected chi connectivity index (χ3v) is 5.04. The average molecular weight is 432 g/mol. The van der Waals surface area contributed by atoms with Crippen LogP contribution >= 0.6 is 0 Å². The zero-order valence-corrected chi connectivity index (χ0v) is 18.4. The summed E-state index contributed by atoms with van der Waals surface area (Å²) in [4.78, 5) is 0. The molecule has 4 aromatic carbocycles. The summed E-state index contributed by atoms with van der Waals surface area (Å²) in [5.41, 5.74) is 4.72. The van der Waals surface area contributed by atoms with E-state index in [-0.39, 0.29) is 5.82 Å². The van der Waals surface area contributed by atoms with E-state index >= 15 is 0 Å². The normalized spacial score (nSPS) is 9.79. The Morgan fingerprint density at radius 3 is 2.06 bits per heavy atom. The Labute approximate surface area is 193 Å². The maximum absolute atomic E-state index is 14.0. The van der Waals surface area contributed by atoms with Crippen LogP contribution in [0.1, 0.15) is 22.3 Å². The molecule has 0 unspecified atom stereocenters. The number of ether oxygens (including phenoxy) is 2. The summed E-state index contributed by atoms with van der Waals surface area (Å²) in [5.74, 6) is 13.7. The Morgan fingerprint density at radius 2 is 1.27 bits per heavy atom. The third-order valence-electron chi connectivity index (χ3n) is 5.04. The predicted octanol–water partition coefficient (Wildman–Crippen LogP) is 6.31. The molecule has 0 aliphatic rings. The molecule has 0 aliphatic carbocycles. The van der Waals surface area contributed by atoms with Gasteiger partial charge in [0.2, 0.25) is 0 Å². The van der Waals surface area contributed by atoms with E-state index in [1.807, 2.05) is 72.8 Å². The zero-order valence-electron chi connectivity index (χ0n) is 18.4. The van der Waals surface area contributed by atoms with Gasteiger partial charge in [0, 0.05) is 27.8 Å². The standard InChI is InChI=1S/C30H21FO2/c1-32-28-10-6-9-26(20-28)30-21-29(33-2)18-16-24(30)13-14-25-19-27(31)17-15-23(25)12-11-22-7-4-3-5-8-22/h3-10,15-21H,1-2H3. The van der Waals surface area contributed by atoms with Gasteiger partial charge in [0.1, 0.15) is 17.3 Å². The van der Waals surface area contributed by atoms with Crippen LogP contribution in [0.25, 0.3) is 11.1 Å². The number of hydrogen-bond donors (Lipinski definition) is 0. The van der Waals surface area contributed by atoms with E-state index in [2.05, 4.69) is 23.7 Å². The lowest BCUT2D eigenvalue weighted by molar-refractivity contribution is 0.414. The van der Waals surface area contributed by atoms with Crippen molar-refractivity contribution in [2.24, 2.45) is 0 Å². The van der Waals surface area contributed by atoms with Gasteiger partial charge in [0.05, 0.1) is 14.2 Å². The predicted molar refractivity (Wildman–Crippen MR) is 130 cm³/mol. The second kappa shape index (κ2) is 10.2. The molecule has 0 spiro atoms. The Balaban J connectivity index is 1.77. The summed E-state index contributed by atoms with van der Waals surface area (Å²) < 4.78 is 24.8. The van der Waals surface area contributed by atoms with Crippen LogP contribution in [-0.4, -0.2) is 14.2 Å². The van der Waals surface area contributed by atoms with E-state index in [1.54, 1.807) is 20.3 Å². The first-order valence-electron chi connectivity index (χ1n) is 10.4. The van der Waals surface area contributed by atoms with Gasteiger partial charge >= 0.3 is 0 Å². The molecular weight excluding hydrogens is 411 g/mol. The first-order chi connectivity index (χ1) is 16.2. The average Bonchev–Trinajstić information content (AvgIpc) is 2.87. The molecular formula is C30H21FO2. The van der Waals surface area contributed by atoms with Crippen LogP contribution in [0.2, 0.25) is 0 Å². The van der Waals surface area contributed by atoms with Crippen molar-refractivity contribution >= 4 is 0 Å². The molecule has 4 rings (SSSR count).